The highest BCUT2D eigenvalue weighted by Gasteiger charge is 2.54. The lowest BCUT2D eigenvalue weighted by Crippen LogP contribution is -2.59. The smallest absolute Gasteiger partial charge is 0.255 e. The van der Waals surface area contributed by atoms with Crippen LogP contribution >= 0.6 is 0 Å². The minimum atomic E-state index is -0.462. The van der Waals surface area contributed by atoms with Gasteiger partial charge in [0.15, 0.2) is 0 Å². The second kappa shape index (κ2) is 6.31. The van der Waals surface area contributed by atoms with Crippen LogP contribution in [-0.4, -0.2) is 45.9 Å². The molecule has 5 aliphatic carbocycles. The molecule has 144 valence electrons. The third-order valence-corrected chi connectivity index (χ3v) is 6.99. The fraction of sp³-hybridized carbons (Fsp3) is 0.619. The Labute approximate surface area is 159 Å². The summed E-state index contributed by atoms with van der Waals surface area (Å²) in [6.45, 7) is 0.147. The zero-order valence-corrected chi connectivity index (χ0v) is 15.4. The first-order chi connectivity index (χ1) is 13.1. The molecule has 6 rings (SSSR count). The summed E-state index contributed by atoms with van der Waals surface area (Å²) in [6.07, 6.45) is 11.6. The van der Waals surface area contributed by atoms with E-state index >= 15 is 0 Å². The molecule has 6 nitrogen and oxygen atoms in total. The minimum absolute atomic E-state index is 0.0838. The molecule has 1 aromatic heterocycles. The predicted molar refractivity (Wildman–Crippen MR) is 102 cm³/mol. The van der Waals surface area contributed by atoms with Gasteiger partial charge in [-0.15, -0.1) is 0 Å². The van der Waals surface area contributed by atoms with Crippen molar-refractivity contribution in [3.8, 4) is 0 Å². The van der Waals surface area contributed by atoms with Crippen LogP contribution in [0, 0.1) is 17.8 Å². The number of fused-ring (bicyclic) bond motifs is 1. The number of allylic oxidation sites excluding steroid dienone is 1. The Morgan fingerprint density at radius 1 is 1.26 bits per heavy atom. The highest BCUT2D eigenvalue weighted by Crippen LogP contribution is 2.56. The molecular formula is C21H27N3O3. The molecular weight excluding hydrogens is 342 g/mol. The van der Waals surface area contributed by atoms with E-state index in [-0.39, 0.29) is 19.1 Å². The molecule has 0 aromatic carbocycles. The first-order valence-electron chi connectivity index (χ1n) is 10.1. The third kappa shape index (κ3) is 2.86. The van der Waals surface area contributed by atoms with Crippen molar-refractivity contribution in [3.05, 3.63) is 29.1 Å². The lowest BCUT2D eigenvalue weighted by Gasteiger charge is -2.58. The van der Waals surface area contributed by atoms with Gasteiger partial charge in [-0.3, -0.25) is 9.78 Å². The number of hydrogen-bond acceptors (Lipinski definition) is 5. The number of carbonyl (C=O) groups excluding carboxylic acids is 1. The van der Waals surface area contributed by atoms with E-state index in [2.05, 4.69) is 27.8 Å². The largest absolute Gasteiger partial charge is 0.395 e. The van der Waals surface area contributed by atoms with Gasteiger partial charge in [-0.1, -0.05) is 12.2 Å². The predicted octanol–water partition coefficient (Wildman–Crippen LogP) is 1.72. The van der Waals surface area contributed by atoms with E-state index in [0.717, 1.165) is 42.6 Å². The molecule has 5 aliphatic rings. The van der Waals surface area contributed by atoms with Crippen LogP contribution in [0.2, 0.25) is 0 Å². The maximum absolute atomic E-state index is 12.7. The van der Waals surface area contributed by atoms with E-state index in [1.807, 2.05) is 0 Å². The van der Waals surface area contributed by atoms with Crippen molar-refractivity contribution >= 4 is 17.7 Å². The summed E-state index contributed by atoms with van der Waals surface area (Å²) in [5.41, 5.74) is 2.96. The van der Waals surface area contributed by atoms with Gasteiger partial charge in [0.25, 0.3) is 5.91 Å². The molecule has 2 unspecified atom stereocenters. The van der Waals surface area contributed by atoms with Crippen LogP contribution in [0.4, 0.5) is 5.69 Å². The molecule has 0 saturated heterocycles. The minimum Gasteiger partial charge on any atom is -0.395 e. The average Bonchev–Trinajstić information content (AvgIpc) is 3.10. The van der Waals surface area contributed by atoms with Gasteiger partial charge < -0.3 is 20.8 Å². The molecule has 4 N–H and O–H groups in total. The van der Waals surface area contributed by atoms with Crippen molar-refractivity contribution in [1.29, 1.82) is 0 Å². The zero-order valence-electron chi connectivity index (χ0n) is 15.4. The molecule has 4 saturated carbocycles. The number of aromatic nitrogens is 1. The molecule has 27 heavy (non-hydrogen) atoms. The molecule has 4 bridgehead atoms. The summed E-state index contributed by atoms with van der Waals surface area (Å²) >= 11 is 0. The van der Waals surface area contributed by atoms with Gasteiger partial charge in [0.1, 0.15) is 0 Å². The van der Waals surface area contributed by atoms with E-state index in [9.17, 15) is 9.90 Å². The highest BCUT2D eigenvalue weighted by atomic mass is 16.3. The molecule has 1 aromatic rings. The lowest BCUT2D eigenvalue weighted by molar-refractivity contribution is -0.129. The first kappa shape index (κ1) is 17.2. The van der Waals surface area contributed by atoms with Gasteiger partial charge >= 0.3 is 0 Å². The van der Waals surface area contributed by atoms with Gasteiger partial charge in [-0.2, -0.15) is 0 Å². The lowest BCUT2D eigenvalue weighted by atomic mass is 9.52. The SMILES string of the molecule is O=C(NCCO)c1cnc2c(c1NC1C3CC4CC1CC(O)(C4)C3)C=CC2. The number of aliphatic hydroxyl groups excluding tert-OH is 1. The number of pyridine rings is 1. The van der Waals surface area contributed by atoms with Gasteiger partial charge in [0, 0.05) is 30.8 Å². The van der Waals surface area contributed by atoms with Crippen molar-refractivity contribution in [2.24, 2.45) is 17.8 Å². The second-order valence-corrected chi connectivity index (χ2v) is 8.86. The fourth-order valence-electron chi connectivity index (χ4n) is 6.17. The number of hydrogen-bond donors (Lipinski definition) is 4. The van der Waals surface area contributed by atoms with Gasteiger partial charge in [-0.05, 0) is 49.9 Å². The molecule has 0 radical (unpaired) electrons. The number of rotatable bonds is 5. The maximum Gasteiger partial charge on any atom is 0.255 e. The Kier molecular flexibility index (Phi) is 4.02. The highest BCUT2D eigenvalue weighted by molar-refractivity contribution is 6.01. The van der Waals surface area contributed by atoms with Crippen LogP contribution < -0.4 is 10.6 Å². The summed E-state index contributed by atoms with van der Waals surface area (Å²) in [4.78, 5) is 17.1. The normalized spacial score (nSPS) is 35.3. The molecule has 0 spiro atoms. The number of nitrogens with one attached hydrogen (secondary N) is 2. The van der Waals surface area contributed by atoms with Crippen LogP contribution in [0.1, 0.15) is 53.7 Å². The number of amides is 1. The number of anilines is 1. The van der Waals surface area contributed by atoms with Crippen molar-refractivity contribution < 1.29 is 15.0 Å². The van der Waals surface area contributed by atoms with Gasteiger partial charge in [-0.25, -0.2) is 0 Å². The van der Waals surface area contributed by atoms with Crippen LogP contribution in [-0.2, 0) is 6.42 Å². The van der Waals surface area contributed by atoms with Crippen molar-refractivity contribution in [3.63, 3.8) is 0 Å². The fourth-order valence-corrected chi connectivity index (χ4v) is 6.17. The standard InChI is InChI=1S/C21H27N3O3/c25-5-4-22-20(26)16-11-23-17-3-1-2-15(17)19(16)24-18-13-6-12-7-14(18)10-21(27,8-12)9-13/h1-2,11-14,18,25,27H,3-10H2,(H,22,26)(H,23,24). The van der Waals surface area contributed by atoms with E-state index < -0.39 is 5.60 Å². The summed E-state index contributed by atoms with van der Waals surface area (Å²) in [6, 6.07) is 0.298. The Balaban J connectivity index is 1.47. The molecule has 1 amide bonds. The number of carbonyl (C=O) groups is 1. The Morgan fingerprint density at radius 3 is 2.74 bits per heavy atom. The molecule has 2 atom stereocenters. The summed E-state index contributed by atoms with van der Waals surface area (Å²) in [5.74, 6) is 1.37. The third-order valence-electron chi connectivity index (χ3n) is 6.99. The van der Waals surface area contributed by atoms with Crippen LogP contribution in [0.5, 0.6) is 0 Å². The monoisotopic (exact) mass is 369 g/mol. The molecule has 1 heterocycles. The van der Waals surface area contributed by atoms with Crippen molar-refractivity contribution in [1.82, 2.24) is 10.3 Å². The van der Waals surface area contributed by atoms with Crippen LogP contribution in [0.3, 0.4) is 0 Å². The Morgan fingerprint density at radius 2 is 2.04 bits per heavy atom. The van der Waals surface area contributed by atoms with Crippen LogP contribution in [0.15, 0.2) is 12.3 Å². The van der Waals surface area contributed by atoms with E-state index in [0.29, 0.717) is 29.4 Å². The Hall–Kier alpha value is -1.92. The van der Waals surface area contributed by atoms with E-state index in [4.69, 9.17) is 5.11 Å². The molecule has 6 heteroatoms. The first-order valence-corrected chi connectivity index (χ1v) is 10.1. The van der Waals surface area contributed by atoms with Gasteiger partial charge in [0.2, 0.25) is 0 Å². The maximum atomic E-state index is 12.7. The van der Waals surface area contributed by atoms with Gasteiger partial charge in [0.05, 0.1) is 29.2 Å². The van der Waals surface area contributed by atoms with E-state index in [1.165, 1.54) is 12.8 Å². The molecule has 4 fully saturated rings. The number of nitrogens with zero attached hydrogens (tertiary/aromatic N) is 1. The van der Waals surface area contributed by atoms with Crippen LogP contribution in [0.25, 0.3) is 6.08 Å². The number of aliphatic hydroxyl groups is 2. The van der Waals surface area contributed by atoms with Crippen molar-refractivity contribution in [2.75, 3.05) is 18.5 Å². The molecule has 0 aliphatic heterocycles. The summed E-state index contributed by atoms with van der Waals surface area (Å²) < 4.78 is 0. The quantitative estimate of drug-likeness (QED) is 0.634. The van der Waals surface area contributed by atoms with Crippen molar-refractivity contribution in [2.45, 2.75) is 50.2 Å². The second-order valence-electron chi connectivity index (χ2n) is 8.86. The summed E-state index contributed by atoms with van der Waals surface area (Å²) in [7, 11) is 0. The average molecular weight is 369 g/mol. The van der Waals surface area contributed by atoms with E-state index in [1.54, 1.807) is 6.20 Å². The summed E-state index contributed by atoms with van der Waals surface area (Å²) in [5, 5.41) is 26.4. The topological polar surface area (TPSA) is 94.5 Å². The zero-order chi connectivity index (χ0) is 18.6. The Bertz CT molecular complexity index is 790.